The fourth-order valence-electron chi connectivity index (χ4n) is 1.49. The van der Waals surface area contributed by atoms with Gasteiger partial charge in [-0.25, -0.2) is 0 Å². The molecule has 0 amide bonds. The van der Waals surface area contributed by atoms with Gasteiger partial charge in [0.2, 0.25) is 11.6 Å². The first-order chi connectivity index (χ1) is 8.19. The molecule has 0 atom stereocenters. The fraction of sp³-hybridized carbons (Fsp3) is 0.455. The van der Waals surface area contributed by atoms with Crippen LogP contribution in [0.1, 0.15) is 5.56 Å². The van der Waals surface area contributed by atoms with Crippen LogP contribution < -0.4 is 19.7 Å². The smallest absolute Gasteiger partial charge is 0.211 e. The number of ether oxygens (including phenoxy) is 3. The molecule has 0 radical (unpaired) electrons. The predicted octanol–water partition coefficient (Wildman–Crippen LogP) is 1.50. The monoisotopic (exact) mass is 245 g/mol. The first kappa shape index (κ1) is 13.5. The van der Waals surface area contributed by atoms with E-state index in [4.69, 9.17) is 19.0 Å². The number of rotatable bonds is 6. The number of benzene rings is 1. The molecule has 1 N–H and O–H groups in total. The number of hydroxylamine groups is 1. The maximum absolute atomic E-state index is 14.0. The van der Waals surface area contributed by atoms with Crippen molar-refractivity contribution in [3.63, 3.8) is 0 Å². The molecule has 0 fully saturated rings. The van der Waals surface area contributed by atoms with Gasteiger partial charge >= 0.3 is 0 Å². The van der Waals surface area contributed by atoms with E-state index in [0.717, 1.165) is 0 Å². The molecule has 1 aromatic rings. The van der Waals surface area contributed by atoms with Gasteiger partial charge in [0.1, 0.15) is 0 Å². The van der Waals surface area contributed by atoms with Crippen molar-refractivity contribution in [3.8, 4) is 17.2 Å². The molecule has 0 saturated heterocycles. The highest BCUT2D eigenvalue weighted by Crippen LogP contribution is 2.38. The van der Waals surface area contributed by atoms with Gasteiger partial charge in [-0.2, -0.15) is 9.87 Å². The Bertz CT molecular complexity index is 384. The van der Waals surface area contributed by atoms with E-state index in [2.05, 4.69) is 5.48 Å². The van der Waals surface area contributed by atoms with Gasteiger partial charge in [-0.15, -0.1) is 0 Å². The van der Waals surface area contributed by atoms with E-state index < -0.39 is 5.82 Å². The Morgan fingerprint density at radius 2 is 1.71 bits per heavy atom. The molecule has 0 aliphatic rings. The first-order valence-electron chi connectivity index (χ1n) is 4.92. The van der Waals surface area contributed by atoms with Crippen molar-refractivity contribution >= 4 is 0 Å². The summed E-state index contributed by atoms with van der Waals surface area (Å²) in [6.07, 6.45) is 0. The van der Waals surface area contributed by atoms with Crippen LogP contribution in [0.15, 0.2) is 6.07 Å². The standard InChI is InChI=1S/C11H16FNO4/c1-14-8-5-7(6-13-17-4)10(15-2)9(12)11(8)16-3/h5,13H,6H2,1-4H3. The van der Waals surface area contributed by atoms with E-state index in [1.807, 2.05) is 0 Å². The molecule has 0 aliphatic carbocycles. The maximum atomic E-state index is 14.0. The molecule has 0 aliphatic heterocycles. The third kappa shape index (κ3) is 2.78. The van der Waals surface area contributed by atoms with Gasteiger partial charge in [0, 0.05) is 12.1 Å². The number of hydrogen-bond acceptors (Lipinski definition) is 5. The molecule has 0 bridgehead atoms. The lowest BCUT2D eigenvalue weighted by atomic mass is 10.1. The van der Waals surface area contributed by atoms with Gasteiger partial charge in [0.05, 0.1) is 28.4 Å². The van der Waals surface area contributed by atoms with E-state index in [9.17, 15) is 4.39 Å². The fourth-order valence-corrected chi connectivity index (χ4v) is 1.49. The normalized spacial score (nSPS) is 10.2. The van der Waals surface area contributed by atoms with Crippen LogP contribution in [0.25, 0.3) is 0 Å². The van der Waals surface area contributed by atoms with Crippen LogP contribution in [0.2, 0.25) is 0 Å². The lowest BCUT2D eigenvalue weighted by Gasteiger charge is -2.15. The third-order valence-corrected chi connectivity index (χ3v) is 2.25. The van der Waals surface area contributed by atoms with Gasteiger partial charge < -0.3 is 19.0 Å². The minimum atomic E-state index is -0.595. The van der Waals surface area contributed by atoms with Gasteiger partial charge in [0.25, 0.3) is 0 Å². The van der Waals surface area contributed by atoms with Crippen LogP contribution in [0.5, 0.6) is 17.2 Å². The number of hydrogen-bond donors (Lipinski definition) is 1. The van der Waals surface area contributed by atoms with Crippen molar-refractivity contribution in [2.75, 3.05) is 28.4 Å². The summed E-state index contributed by atoms with van der Waals surface area (Å²) in [5.74, 6) is -0.168. The Hall–Kier alpha value is -1.53. The molecule has 96 valence electrons. The molecule has 0 unspecified atom stereocenters. The minimum Gasteiger partial charge on any atom is -0.493 e. The highest BCUT2D eigenvalue weighted by atomic mass is 19.1. The van der Waals surface area contributed by atoms with Crippen LogP contribution in [-0.2, 0) is 11.4 Å². The van der Waals surface area contributed by atoms with Crippen LogP contribution >= 0.6 is 0 Å². The van der Waals surface area contributed by atoms with Crippen LogP contribution in [0.3, 0.4) is 0 Å². The van der Waals surface area contributed by atoms with Crippen molar-refractivity contribution < 1.29 is 23.4 Å². The predicted molar refractivity (Wildman–Crippen MR) is 59.9 cm³/mol. The second kappa shape index (κ2) is 6.27. The highest BCUT2D eigenvalue weighted by Gasteiger charge is 2.20. The SMILES string of the molecule is CONCc1cc(OC)c(OC)c(F)c1OC. The van der Waals surface area contributed by atoms with Crippen LogP contribution in [0, 0.1) is 5.82 Å². The molecule has 0 aromatic heterocycles. The largest absolute Gasteiger partial charge is 0.493 e. The molecule has 0 heterocycles. The van der Waals surface area contributed by atoms with Gasteiger partial charge in [-0.05, 0) is 6.07 Å². The quantitative estimate of drug-likeness (QED) is 0.770. The van der Waals surface area contributed by atoms with Crippen molar-refractivity contribution in [2.24, 2.45) is 0 Å². The summed E-state index contributed by atoms with van der Waals surface area (Å²) in [5, 5.41) is 0. The number of halogens is 1. The summed E-state index contributed by atoms with van der Waals surface area (Å²) in [7, 11) is 5.68. The zero-order chi connectivity index (χ0) is 12.8. The van der Waals surface area contributed by atoms with Crippen molar-refractivity contribution in [2.45, 2.75) is 6.54 Å². The lowest BCUT2D eigenvalue weighted by molar-refractivity contribution is 0.0859. The Morgan fingerprint density at radius 3 is 2.18 bits per heavy atom. The minimum absolute atomic E-state index is 0.0190. The molecular weight excluding hydrogens is 229 g/mol. The Morgan fingerprint density at radius 1 is 1.06 bits per heavy atom. The van der Waals surface area contributed by atoms with Gasteiger partial charge in [-0.1, -0.05) is 0 Å². The topological polar surface area (TPSA) is 49.0 Å². The van der Waals surface area contributed by atoms with Crippen molar-refractivity contribution in [3.05, 3.63) is 17.4 Å². The second-order valence-electron chi connectivity index (χ2n) is 3.14. The van der Waals surface area contributed by atoms with Crippen molar-refractivity contribution in [1.82, 2.24) is 5.48 Å². The van der Waals surface area contributed by atoms with Crippen LogP contribution in [0.4, 0.5) is 4.39 Å². The second-order valence-corrected chi connectivity index (χ2v) is 3.14. The zero-order valence-corrected chi connectivity index (χ0v) is 10.3. The number of methoxy groups -OCH3 is 3. The molecule has 0 spiro atoms. The molecule has 0 saturated carbocycles. The lowest BCUT2D eigenvalue weighted by Crippen LogP contribution is -2.13. The molecule has 1 rings (SSSR count). The average molecular weight is 245 g/mol. The Kier molecular flexibility index (Phi) is 4.99. The molecule has 17 heavy (non-hydrogen) atoms. The van der Waals surface area contributed by atoms with Gasteiger partial charge in [-0.3, -0.25) is 0 Å². The van der Waals surface area contributed by atoms with Gasteiger partial charge in [0.15, 0.2) is 11.5 Å². The first-order valence-corrected chi connectivity index (χ1v) is 4.92. The Balaban J connectivity index is 3.24. The summed E-state index contributed by atoms with van der Waals surface area (Å²) >= 11 is 0. The van der Waals surface area contributed by atoms with E-state index >= 15 is 0 Å². The average Bonchev–Trinajstić information content (AvgIpc) is 2.35. The van der Waals surface area contributed by atoms with Crippen LogP contribution in [-0.4, -0.2) is 28.4 Å². The summed E-state index contributed by atoms with van der Waals surface area (Å²) in [5.41, 5.74) is 3.19. The van der Waals surface area contributed by atoms with E-state index in [-0.39, 0.29) is 18.0 Å². The molecular formula is C11H16FNO4. The molecule has 5 nitrogen and oxygen atoms in total. The zero-order valence-electron chi connectivity index (χ0n) is 10.3. The Labute approximate surface area is 99.4 Å². The molecule has 1 aromatic carbocycles. The summed E-state index contributed by atoms with van der Waals surface area (Å²) < 4.78 is 29.0. The van der Waals surface area contributed by atoms with E-state index in [0.29, 0.717) is 11.3 Å². The van der Waals surface area contributed by atoms with E-state index in [1.165, 1.54) is 28.4 Å². The van der Waals surface area contributed by atoms with Crippen molar-refractivity contribution in [1.29, 1.82) is 0 Å². The third-order valence-electron chi connectivity index (χ3n) is 2.25. The summed E-state index contributed by atoms with van der Waals surface area (Å²) in [6, 6.07) is 1.63. The summed E-state index contributed by atoms with van der Waals surface area (Å²) in [6.45, 7) is 0.289. The molecule has 6 heteroatoms. The van der Waals surface area contributed by atoms with E-state index in [1.54, 1.807) is 6.07 Å². The summed E-state index contributed by atoms with van der Waals surface area (Å²) in [4.78, 5) is 4.72. The number of nitrogens with one attached hydrogen (secondary N) is 1. The highest BCUT2D eigenvalue weighted by molar-refractivity contribution is 5.52. The maximum Gasteiger partial charge on any atom is 0.211 e.